The van der Waals surface area contributed by atoms with Gasteiger partial charge in [0.25, 0.3) is 5.91 Å². The molecule has 0 aliphatic heterocycles. The van der Waals surface area contributed by atoms with Crippen molar-refractivity contribution in [3.63, 3.8) is 0 Å². The number of hydrogen-bond acceptors (Lipinski definition) is 6. The zero-order valence-corrected chi connectivity index (χ0v) is 22.3. The van der Waals surface area contributed by atoms with E-state index in [1.165, 1.54) is 11.8 Å². The Bertz CT molecular complexity index is 1240. The lowest BCUT2D eigenvalue weighted by Gasteiger charge is -2.23. The number of halogens is 1. The first kappa shape index (κ1) is 27.3. The highest BCUT2D eigenvalue weighted by Crippen LogP contribution is 2.28. The Hall–Kier alpha value is -3.30. The van der Waals surface area contributed by atoms with E-state index >= 15 is 0 Å². The van der Waals surface area contributed by atoms with Gasteiger partial charge in [0, 0.05) is 6.54 Å². The van der Waals surface area contributed by atoms with Crippen molar-refractivity contribution < 1.29 is 14.3 Å². The molecule has 1 atom stereocenters. The van der Waals surface area contributed by atoms with E-state index in [1.807, 2.05) is 43.5 Å². The van der Waals surface area contributed by atoms with Gasteiger partial charge in [0.2, 0.25) is 5.91 Å². The van der Waals surface area contributed by atoms with Crippen LogP contribution in [0, 0.1) is 12.8 Å². The van der Waals surface area contributed by atoms with Gasteiger partial charge in [-0.15, -0.1) is 16.8 Å². The van der Waals surface area contributed by atoms with Gasteiger partial charge in [-0.25, -0.2) is 0 Å². The van der Waals surface area contributed by atoms with Gasteiger partial charge in [-0.1, -0.05) is 61.5 Å². The molecule has 0 saturated carbocycles. The Morgan fingerprint density at radius 2 is 1.97 bits per heavy atom. The average molecular weight is 528 g/mol. The maximum atomic E-state index is 13.0. The molecule has 190 valence electrons. The summed E-state index contributed by atoms with van der Waals surface area (Å²) < 4.78 is 7.19. The lowest BCUT2D eigenvalue weighted by atomic mass is 10.0. The number of methoxy groups -OCH3 is 1. The van der Waals surface area contributed by atoms with Gasteiger partial charge < -0.3 is 19.9 Å². The molecule has 1 heterocycles. The number of nitrogens with zero attached hydrogens (tertiary/aromatic N) is 3. The first-order chi connectivity index (χ1) is 17.2. The summed E-state index contributed by atoms with van der Waals surface area (Å²) in [6, 6.07) is 12.0. The summed E-state index contributed by atoms with van der Waals surface area (Å²) in [6.45, 7) is 10.2. The molecule has 2 aromatic carbocycles. The van der Waals surface area contributed by atoms with Gasteiger partial charge in [-0.2, -0.15) is 0 Å². The lowest BCUT2D eigenvalue weighted by Crippen LogP contribution is -2.34. The van der Waals surface area contributed by atoms with Crippen LogP contribution in [0.5, 0.6) is 5.75 Å². The molecule has 0 aliphatic carbocycles. The Morgan fingerprint density at radius 1 is 1.22 bits per heavy atom. The fraction of sp³-hybridized carbons (Fsp3) is 0.308. The SMILES string of the molecule is C=CCn1c(SCC(=O)Nc2cc(C)ccc2OC)nnc1C(NC(=O)c1ccccc1Cl)C(C)C. The second-order valence-electron chi connectivity index (χ2n) is 8.46. The highest BCUT2D eigenvalue weighted by Gasteiger charge is 2.27. The number of ether oxygens (including phenoxy) is 1. The van der Waals surface area contributed by atoms with Crippen molar-refractivity contribution in [3.8, 4) is 5.75 Å². The molecule has 0 spiro atoms. The average Bonchev–Trinajstić information content (AvgIpc) is 3.23. The second-order valence-corrected chi connectivity index (χ2v) is 9.81. The topological polar surface area (TPSA) is 98.1 Å². The zero-order chi connectivity index (χ0) is 26.2. The number of carbonyl (C=O) groups excluding carboxylic acids is 2. The van der Waals surface area contributed by atoms with Gasteiger partial charge in [0.1, 0.15) is 5.75 Å². The molecule has 0 bridgehead atoms. The second kappa shape index (κ2) is 12.6. The number of thioether (sulfide) groups is 1. The monoisotopic (exact) mass is 527 g/mol. The van der Waals surface area contributed by atoms with Crippen molar-refractivity contribution in [1.29, 1.82) is 0 Å². The number of anilines is 1. The minimum absolute atomic E-state index is 0.0131. The molecule has 1 unspecified atom stereocenters. The van der Waals surface area contributed by atoms with Crippen molar-refractivity contribution in [1.82, 2.24) is 20.1 Å². The number of aromatic nitrogens is 3. The smallest absolute Gasteiger partial charge is 0.253 e. The maximum absolute atomic E-state index is 13.0. The van der Waals surface area contributed by atoms with Crippen LogP contribution in [0.4, 0.5) is 5.69 Å². The molecule has 10 heteroatoms. The van der Waals surface area contributed by atoms with E-state index in [9.17, 15) is 9.59 Å². The van der Waals surface area contributed by atoms with Crippen molar-refractivity contribution in [3.05, 3.63) is 77.1 Å². The number of nitrogens with one attached hydrogen (secondary N) is 2. The predicted molar refractivity (Wildman–Crippen MR) is 144 cm³/mol. The van der Waals surface area contributed by atoms with Gasteiger partial charge in [0.15, 0.2) is 11.0 Å². The molecule has 8 nitrogen and oxygen atoms in total. The standard InChI is InChI=1S/C26H30ClN5O3S/c1-6-13-32-24(23(16(2)3)29-25(34)18-9-7-8-10-19(18)27)30-31-26(32)36-15-22(33)28-20-14-17(4)11-12-21(20)35-5/h6-12,14,16,23H,1,13,15H2,2-5H3,(H,28,33)(H,29,34). The minimum atomic E-state index is -0.430. The highest BCUT2D eigenvalue weighted by molar-refractivity contribution is 7.99. The largest absolute Gasteiger partial charge is 0.495 e. The van der Waals surface area contributed by atoms with E-state index in [0.29, 0.717) is 39.5 Å². The lowest BCUT2D eigenvalue weighted by molar-refractivity contribution is -0.113. The van der Waals surface area contributed by atoms with E-state index in [0.717, 1.165) is 5.56 Å². The number of aryl methyl sites for hydroxylation is 1. The first-order valence-corrected chi connectivity index (χ1v) is 12.8. The van der Waals surface area contributed by atoms with E-state index < -0.39 is 6.04 Å². The molecule has 0 saturated heterocycles. The highest BCUT2D eigenvalue weighted by atomic mass is 35.5. The Labute approximate surface area is 220 Å². The molecule has 36 heavy (non-hydrogen) atoms. The number of rotatable bonds is 11. The third-order valence-corrected chi connectivity index (χ3v) is 6.66. The fourth-order valence-corrected chi connectivity index (χ4v) is 4.54. The third kappa shape index (κ3) is 6.67. The number of benzene rings is 2. The van der Waals surface area contributed by atoms with Crippen molar-refractivity contribution >= 4 is 40.9 Å². The summed E-state index contributed by atoms with van der Waals surface area (Å²) in [5, 5.41) is 15.5. The van der Waals surface area contributed by atoms with E-state index in [1.54, 1.807) is 37.5 Å². The van der Waals surface area contributed by atoms with Gasteiger partial charge in [-0.3, -0.25) is 9.59 Å². The molecule has 2 amide bonds. The fourth-order valence-electron chi connectivity index (χ4n) is 3.57. The van der Waals surface area contributed by atoms with Gasteiger partial charge >= 0.3 is 0 Å². The number of allylic oxidation sites excluding steroid dienone is 1. The van der Waals surface area contributed by atoms with Gasteiger partial charge in [0.05, 0.1) is 35.2 Å². The van der Waals surface area contributed by atoms with E-state index in [-0.39, 0.29) is 23.5 Å². The van der Waals surface area contributed by atoms with Crippen LogP contribution >= 0.6 is 23.4 Å². The van der Waals surface area contributed by atoms with Crippen LogP contribution in [0.25, 0.3) is 0 Å². The van der Waals surface area contributed by atoms with Crippen LogP contribution in [0.3, 0.4) is 0 Å². The molecule has 0 radical (unpaired) electrons. The van der Waals surface area contributed by atoms with Crippen LogP contribution in [0.15, 0.2) is 60.3 Å². The number of amides is 2. The van der Waals surface area contributed by atoms with Crippen LogP contribution in [-0.4, -0.2) is 39.4 Å². The molecule has 0 aliphatic rings. The van der Waals surface area contributed by atoms with Crippen molar-refractivity contribution in [2.24, 2.45) is 5.92 Å². The molecular weight excluding hydrogens is 498 g/mol. The molecular formula is C26H30ClN5O3S. The molecule has 1 aromatic heterocycles. The van der Waals surface area contributed by atoms with Crippen LogP contribution in [0.2, 0.25) is 5.02 Å². The van der Waals surface area contributed by atoms with Gasteiger partial charge in [-0.05, 0) is 42.7 Å². The maximum Gasteiger partial charge on any atom is 0.253 e. The summed E-state index contributed by atoms with van der Waals surface area (Å²) in [5.41, 5.74) is 2.00. The number of carbonyl (C=O) groups is 2. The van der Waals surface area contributed by atoms with E-state index in [4.69, 9.17) is 16.3 Å². The van der Waals surface area contributed by atoms with Crippen molar-refractivity contribution in [2.45, 2.75) is 38.5 Å². The zero-order valence-electron chi connectivity index (χ0n) is 20.7. The Balaban J connectivity index is 1.77. The van der Waals surface area contributed by atoms with Crippen LogP contribution in [0.1, 0.15) is 41.6 Å². The van der Waals surface area contributed by atoms with Crippen LogP contribution < -0.4 is 15.4 Å². The number of hydrogen-bond donors (Lipinski definition) is 2. The van der Waals surface area contributed by atoms with Crippen molar-refractivity contribution in [2.75, 3.05) is 18.2 Å². The van der Waals surface area contributed by atoms with Crippen LogP contribution in [-0.2, 0) is 11.3 Å². The summed E-state index contributed by atoms with van der Waals surface area (Å²) in [5.74, 6) is 0.794. The predicted octanol–water partition coefficient (Wildman–Crippen LogP) is 5.29. The summed E-state index contributed by atoms with van der Waals surface area (Å²) in [7, 11) is 1.56. The minimum Gasteiger partial charge on any atom is -0.495 e. The first-order valence-electron chi connectivity index (χ1n) is 11.4. The Kier molecular flexibility index (Phi) is 9.55. The molecule has 0 fully saturated rings. The normalized spacial score (nSPS) is 11.7. The summed E-state index contributed by atoms with van der Waals surface area (Å²) >= 11 is 7.47. The third-order valence-electron chi connectivity index (χ3n) is 5.37. The molecule has 3 rings (SSSR count). The van der Waals surface area contributed by atoms with E-state index in [2.05, 4.69) is 27.4 Å². The summed E-state index contributed by atoms with van der Waals surface area (Å²) in [6.07, 6.45) is 1.72. The molecule has 2 N–H and O–H groups in total. The summed E-state index contributed by atoms with van der Waals surface area (Å²) in [4.78, 5) is 25.6. The molecule has 3 aromatic rings. The Morgan fingerprint density at radius 3 is 2.64 bits per heavy atom. The quantitative estimate of drug-likeness (QED) is 0.259.